The van der Waals surface area contributed by atoms with Crippen molar-refractivity contribution in [2.45, 2.75) is 19.0 Å². The standard InChI is InChI=1S/C13H24N6/c1-9-6-10(13(14)16-7-9)12(17-15)11-8-18(2)4-5-19(11)3/h6-7,11-12,17H,4-5,8,15H2,1-3H3,(H2,14,16). The molecular formula is C13H24N6. The smallest absolute Gasteiger partial charge is 0.128 e. The minimum Gasteiger partial charge on any atom is -0.383 e. The van der Waals surface area contributed by atoms with Gasteiger partial charge in [0.2, 0.25) is 0 Å². The van der Waals surface area contributed by atoms with Crippen molar-refractivity contribution in [3.8, 4) is 0 Å². The first kappa shape index (κ1) is 14.2. The Morgan fingerprint density at radius 3 is 2.84 bits per heavy atom. The Hall–Kier alpha value is -1.21. The third-order valence-electron chi connectivity index (χ3n) is 3.88. The van der Waals surface area contributed by atoms with Gasteiger partial charge in [-0.2, -0.15) is 0 Å². The molecule has 19 heavy (non-hydrogen) atoms. The molecule has 106 valence electrons. The van der Waals surface area contributed by atoms with Gasteiger partial charge in [0.1, 0.15) is 5.82 Å². The molecule has 1 saturated heterocycles. The van der Waals surface area contributed by atoms with E-state index < -0.39 is 0 Å². The second-order valence-corrected chi connectivity index (χ2v) is 5.44. The van der Waals surface area contributed by atoms with Gasteiger partial charge in [0.05, 0.1) is 6.04 Å². The van der Waals surface area contributed by atoms with E-state index in [-0.39, 0.29) is 12.1 Å². The average Bonchev–Trinajstić information content (AvgIpc) is 2.38. The normalized spacial score (nSPS) is 23.5. The number of pyridine rings is 1. The minimum absolute atomic E-state index is 0.0138. The molecule has 0 radical (unpaired) electrons. The fourth-order valence-electron chi connectivity index (χ4n) is 2.66. The maximum Gasteiger partial charge on any atom is 0.128 e. The topological polar surface area (TPSA) is 83.4 Å². The molecule has 1 aliphatic rings. The molecule has 1 aliphatic heterocycles. The van der Waals surface area contributed by atoms with E-state index in [2.05, 4.69) is 40.4 Å². The lowest BCUT2D eigenvalue weighted by Gasteiger charge is -2.41. The maximum absolute atomic E-state index is 6.01. The van der Waals surface area contributed by atoms with Crippen LogP contribution in [0.1, 0.15) is 17.2 Å². The Morgan fingerprint density at radius 2 is 2.16 bits per heavy atom. The SMILES string of the molecule is Cc1cnc(N)c(C(NN)C2CN(C)CCN2C)c1. The summed E-state index contributed by atoms with van der Waals surface area (Å²) in [6.07, 6.45) is 1.78. The number of nitrogen functional groups attached to an aromatic ring is 1. The highest BCUT2D eigenvalue weighted by molar-refractivity contribution is 5.43. The number of hydrogen-bond acceptors (Lipinski definition) is 6. The molecule has 2 unspecified atom stereocenters. The van der Waals surface area contributed by atoms with E-state index in [0.717, 1.165) is 30.8 Å². The molecule has 1 aromatic heterocycles. The number of nitrogens with zero attached hydrogens (tertiary/aromatic N) is 3. The van der Waals surface area contributed by atoms with Crippen LogP contribution in [0, 0.1) is 6.92 Å². The first-order valence-corrected chi connectivity index (χ1v) is 6.60. The number of likely N-dealkylation sites (N-methyl/N-ethyl adjacent to an activating group) is 2. The van der Waals surface area contributed by atoms with E-state index in [1.54, 1.807) is 6.20 Å². The maximum atomic E-state index is 6.01. The average molecular weight is 264 g/mol. The molecule has 5 N–H and O–H groups in total. The summed E-state index contributed by atoms with van der Waals surface area (Å²) in [7, 11) is 4.26. The van der Waals surface area contributed by atoms with Crippen molar-refractivity contribution >= 4 is 5.82 Å². The fraction of sp³-hybridized carbons (Fsp3) is 0.615. The molecule has 2 atom stereocenters. The summed E-state index contributed by atoms with van der Waals surface area (Å²) in [4.78, 5) is 8.88. The summed E-state index contributed by atoms with van der Waals surface area (Å²) in [6.45, 7) is 5.07. The van der Waals surface area contributed by atoms with Crippen LogP contribution in [0.2, 0.25) is 0 Å². The van der Waals surface area contributed by atoms with Crippen LogP contribution in [0.25, 0.3) is 0 Å². The van der Waals surface area contributed by atoms with Crippen molar-refractivity contribution in [2.75, 3.05) is 39.5 Å². The number of aromatic nitrogens is 1. The van der Waals surface area contributed by atoms with Crippen molar-refractivity contribution in [1.29, 1.82) is 0 Å². The zero-order chi connectivity index (χ0) is 14.0. The van der Waals surface area contributed by atoms with Gasteiger partial charge in [-0.1, -0.05) is 0 Å². The summed E-state index contributed by atoms with van der Waals surface area (Å²) >= 11 is 0. The summed E-state index contributed by atoms with van der Waals surface area (Å²) < 4.78 is 0. The summed E-state index contributed by atoms with van der Waals surface area (Å²) in [5.41, 5.74) is 11.0. The van der Waals surface area contributed by atoms with E-state index in [9.17, 15) is 0 Å². The number of piperazine rings is 1. The van der Waals surface area contributed by atoms with Crippen LogP contribution < -0.4 is 17.0 Å². The quantitative estimate of drug-likeness (QED) is 0.514. The molecule has 0 bridgehead atoms. The molecule has 1 fully saturated rings. The molecule has 2 heterocycles. The van der Waals surface area contributed by atoms with E-state index >= 15 is 0 Å². The van der Waals surface area contributed by atoms with Crippen LogP contribution in [-0.2, 0) is 0 Å². The largest absolute Gasteiger partial charge is 0.383 e. The van der Waals surface area contributed by atoms with E-state index in [1.807, 2.05) is 6.92 Å². The molecule has 6 heteroatoms. The summed E-state index contributed by atoms with van der Waals surface area (Å²) in [6, 6.07) is 2.34. The zero-order valence-electron chi connectivity index (χ0n) is 11.9. The molecule has 0 saturated carbocycles. The highest BCUT2D eigenvalue weighted by Gasteiger charge is 2.31. The van der Waals surface area contributed by atoms with Crippen molar-refractivity contribution in [2.24, 2.45) is 5.84 Å². The van der Waals surface area contributed by atoms with E-state index in [1.165, 1.54) is 0 Å². The monoisotopic (exact) mass is 264 g/mol. The Morgan fingerprint density at radius 1 is 1.42 bits per heavy atom. The van der Waals surface area contributed by atoms with Crippen LogP contribution in [0.5, 0.6) is 0 Å². The molecule has 6 nitrogen and oxygen atoms in total. The van der Waals surface area contributed by atoms with Crippen molar-refractivity contribution in [3.63, 3.8) is 0 Å². The van der Waals surface area contributed by atoms with E-state index in [4.69, 9.17) is 11.6 Å². The lowest BCUT2D eigenvalue weighted by molar-refractivity contribution is 0.0877. The molecule has 0 aromatic carbocycles. The number of aryl methyl sites for hydroxylation is 1. The van der Waals surface area contributed by atoms with Gasteiger partial charge in [0, 0.05) is 37.4 Å². The zero-order valence-corrected chi connectivity index (χ0v) is 11.9. The summed E-state index contributed by atoms with van der Waals surface area (Å²) in [5.74, 6) is 6.33. The Labute approximate surface area is 114 Å². The predicted molar refractivity (Wildman–Crippen MR) is 77.4 cm³/mol. The van der Waals surface area contributed by atoms with Gasteiger partial charge in [0.25, 0.3) is 0 Å². The first-order chi connectivity index (χ1) is 9.02. The third kappa shape index (κ3) is 3.03. The molecule has 0 spiro atoms. The van der Waals surface area contributed by atoms with Gasteiger partial charge in [-0.25, -0.2) is 4.98 Å². The van der Waals surface area contributed by atoms with Gasteiger partial charge in [-0.15, -0.1) is 0 Å². The third-order valence-corrected chi connectivity index (χ3v) is 3.88. The van der Waals surface area contributed by atoms with Crippen LogP contribution in [0.4, 0.5) is 5.82 Å². The van der Waals surface area contributed by atoms with Gasteiger partial charge < -0.3 is 10.6 Å². The highest BCUT2D eigenvalue weighted by atomic mass is 15.3. The molecular weight excluding hydrogens is 240 g/mol. The fourth-order valence-corrected chi connectivity index (χ4v) is 2.66. The van der Waals surface area contributed by atoms with Crippen molar-refractivity contribution in [3.05, 3.63) is 23.4 Å². The van der Waals surface area contributed by atoms with Crippen LogP contribution in [-0.4, -0.2) is 54.6 Å². The van der Waals surface area contributed by atoms with Crippen molar-refractivity contribution < 1.29 is 0 Å². The number of hydrogen-bond donors (Lipinski definition) is 3. The number of anilines is 1. The second-order valence-electron chi connectivity index (χ2n) is 5.44. The van der Waals surface area contributed by atoms with Crippen LogP contribution in [0.15, 0.2) is 12.3 Å². The number of rotatable bonds is 3. The van der Waals surface area contributed by atoms with Crippen molar-refractivity contribution in [1.82, 2.24) is 20.2 Å². The summed E-state index contributed by atoms with van der Waals surface area (Å²) in [5, 5.41) is 0. The molecule has 0 amide bonds. The molecule has 0 aliphatic carbocycles. The minimum atomic E-state index is -0.0138. The lowest BCUT2D eigenvalue weighted by atomic mass is 9.96. The van der Waals surface area contributed by atoms with Gasteiger partial charge in [-0.05, 0) is 32.6 Å². The number of nitrogens with two attached hydrogens (primary N) is 2. The molecule has 1 aromatic rings. The van der Waals surface area contributed by atoms with Gasteiger partial charge in [-0.3, -0.25) is 16.2 Å². The highest BCUT2D eigenvalue weighted by Crippen LogP contribution is 2.26. The van der Waals surface area contributed by atoms with Gasteiger partial charge >= 0.3 is 0 Å². The second kappa shape index (κ2) is 5.83. The van der Waals surface area contributed by atoms with E-state index in [0.29, 0.717) is 5.82 Å². The Kier molecular flexibility index (Phi) is 4.36. The van der Waals surface area contributed by atoms with Crippen LogP contribution in [0.3, 0.4) is 0 Å². The Bertz CT molecular complexity index is 435. The Balaban J connectivity index is 2.30. The number of nitrogens with one attached hydrogen (secondary N) is 1. The van der Waals surface area contributed by atoms with Gasteiger partial charge in [0.15, 0.2) is 0 Å². The first-order valence-electron chi connectivity index (χ1n) is 6.60. The predicted octanol–water partition coefficient (Wildman–Crippen LogP) is -0.278. The number of hydrazine groups is 1. The molecule has 2 rings (SSSR count). The lowest BCUT2D eigenvalue weighted by Crippen LogP contribution is -2.56. The van der Waals surface area contributed by atoms with Crippen LogP contribution >= 0.6 is 0 Å².